The standard InChI is InChI=1S/C14H15N3O3/c18-11(10-17-8-4-2-6-13(17)19)9-16-14(20)12-5-1-3-7-15-12/h1-8,11,18H,9-10H2,(H,16,20). The third kappa shape index (κ3) is 3.76. The molecular weight excluding hydrogens is 258 g/mol. The van der Waals surface area contributed by atoms with E-state index < -0.39 is 6.10 Å². The van der Waals surface area contributed by atoms with Crippen molar-refractivity contribution in [3.8, 4) is 0 Å². The zero-order chi connectivity index (χ0) is 14.4. The van der Waals surface area contributed by atoms with Gasteiger partial charge in [-0.25, -0.2) is 0 Å². The molecule has 0 saturated heterocycles. The Morgan fingerprint density at radius 3 is 2.80 bits per heavy atom. The number of carbonyl (C=O) groups is 1. The van der Waals surface area contributed by atoms with E-state index in [4.69, 9.17) is 0 Å². The first-order valence-electron chi connectivity index (χ1n) is 6.19. The number of aliphatic hydroxyl groups excluding tert-OH is 1. The summed E-state index contributed by atoms with van der Waals surface area (Å²) in [5.74, 6) is -0.356. The van der Waals surface area contributed by atoms with Crippen LogP contribution in [0.5, 0.6) is 0 Å². The highest BCUT2D eigenvalue weighted by atomic mass is 16.3. The largest absolute Gasteiger partial charge is 0.389 e. The van der Waals surface area contributed by atoms with Gasteiger partial charge in [0.25, 0.3) is 11.5 Å². The molecule has 1 atom stereocenters. The SMILES string of the molecule is O=C(NCC(O)Cn1ccccc1=O)c1ccccn1. The minimum Gasteiger partial charge on any atom is -0.389 e. The topological polar surface area (TPSA) is 84.2 Å². The van der Waals surface area contributed by atoms with Gasteiger partial charge in [-0.15, -0.1) is 0 Å². The van der Waals surface area contributed by atoms with Crippen LogP contribution in [0.4, 0.5) is 0 Å². The quantitative estimate of drug-likeness (QED) is 0.805. The first-order chi connectivity index (χ1) is 9.66. The fourth-order valence-electron chi connectivity index (χ4n) is 1.70. The summed E-state index contributed by atoms with van der Waals surface area (Å²) in [6.45, 7) is 0.179. The van der Waals surface area contributed by atoms with Gasteiger partial charge in [-0.05, 0) is 18.2 Å². The first-order valence-corrected chi connectivity index (χ1v) is 6.19. The van der Waals surface area contributed by atoms with Crippen molar-refractivity contribution in [1.29, 1.82) is 0 Å². The third-order valence-electron chi connectivity index (χ3n) is 2.70. The maximum absolute atomic E-state index is 11.7. The number of hydrogen-bond acceptors (Lipinski definition) is 4. The summed E-state index contributed by atoms with van der Waals surface area (Å²) in [6.07, 6.45) is 2.27. The number of rotatable bonds is 5. The van der Waals surface area contributed by atoms with E-state index in [0.29, 0.717) is 0 Å². The van der Waals surface area contributed by atoms with Crippen LogP contribution in [0.25, 0.3) is 0 Å². The molecule has 1 amide bonds. The fraction of sp³-hybridized carbons (Fsp3) is 0.214. The van der Waals surface area contributed by atoms with Gasteiger partial charge in [-0.2, -0.15) is 0 Å². The van der Waals surface area contributed by atoms with Crippen molar-refractivity contribution in [1.82, 2.24) is 14.9 Å². The maximum Gasteiger partial charge on any atom is 0.269 e. The van der Waals surface area contributed by atoms with Gasteiger partial charge in [0.05, 0.1) is 12.6 Å². The summed E-state index contributed by atoms with van der Waals surface area (Å²) in [6, 6.07) is 9.77. The lowest BCUT2D eigenvalue weighted by Gasteiger charge is -2.13. The van der Waals surface area contributed by atoms with Crippen LogP contribution in [-0.4, -0.2) is 33.2 Å². The second-order valence-corrected chi connectivity index (χ2v) is 4.27. The highest BCUT2D eigenvalue weighted by molar-refractivity contribution is 5.92. The van der Waals surface area contributed by atoms with Crippen LogP contribution in [0.15, 0.2) is 53.6 Å². The number of pyridine rings is 2. The molecule has 6 heteroatoms. The molecule has 0 bridgehead atoms. The molecule has 0 aliphatic heterocycles. The molecule has 0 aliphatic rings. The number of carbonyl (C=O) groups excluding carboxylic acids is 1. The minimum atomic E-state index is -0.845. The van der Waals surface area contributed by atoms with E-state index in [-0.39, 0.29) is 30.2 Å². The second-order valence-electron chi connectivity index (χ2n) is 4.27. The minimum absolute atomic E-state index is 0.0523. The lowest BCUT2D eigenvalue weighted by atomic mass is 10.3. The van der Waals surface area contributed by atoms with E-state index in [1.165, 1.54) is 16.8 Å². The van der Waals surface area contributed by atoms with Gasteiger partial charge in [0.1, 0.15) is 5.69 Å². The molecule has 0 saturated carbocycles. The van der Waals surface area contributed by atoms with Crippen LogP contribution in [0.3, 0.4) is 0 Å². The number of aliphatic hydroxyl groups is 1. The molecule has 0 spiro atoms. The van der Waals surface area contributed by atoms with E-state index >= 15 is 0 Å². The summed E-state index contributed by atoms with van der Waals surface area (Å²) in [5, 5.41) is 12.4. The molecule has 0 fully saturated rings. The van der Waals surface area contributed by atoms with Crippen LogP contribution in [0.1, 0.15) is 10.5 Å². The zero-order valence-corrected chi connectivity index (χ0v) is 10.8. The average Bonchev–Trinajstić information content (AvgIpc) is 2.48. The molecule has 1 unspecified atom stereocenters. The summed E-state index contributed by atoms with van der Waals surface area (Å²) in [7, 11) is 0. The van der Waals surface area contributed by atoms with Crippen molar-refractivity contribution in [2.24, 2.45) is 0 Å². The average molecular weight is 273 g/mol. The van der Waals surface area contributed by atoms with Gasteiger partial charge in [0.2, 0.25) is 0 Å². The van der Waals surface area contributed by atoms with E-state index in [0.717, 1.165) is 0 Å². The Bertz CT molecular complexity index is 625. The van der Waals surface area contributed by atoms with Crippen LogP contribution >= 0.6 is 0 Å². The Kier molecular flexibility index (Phi) is 4.62. The van der Waals surface area contributed by atoms with Crippen molar-refractivity contribution in [2.75, 3.05) is 6.54 Å². The van der Waals surface area contributed by atoms with Crippen LogP contribution in [-0.2, 0) is 6.54 Å². The number of aromatic nitrogens is 2. The molecule has 2 aromatic heterocycles. The molecule has 104 valence electrons. The second kappa shape index (κ2) is 6.63. The van der Waals surface area contributed by atoms with Crippen LogP contribution < -0.4 is 10.9 Å². The van der Waals surface area contributed by atoms with E-state index in [1.54, 1.807) is 36.5 Å². The predicted molar refractivity (Wildman–Crippen MR) is 73.3 cm³/mol. The molecular formula is C14H15N3O3. The number of nitrogens with one attached hydrogen (secondary N) is 1. The molecule has 0 aliphatic carbocycles. The summed E-state index contributed by atoms with van der Waals surface area (Å²) in [5.41, 5.74) is 0.0965. The molecule has 2 N–H and O–H groups in total. The van der Waals surface area contributed by atoms with Crippen molar-refractivity contribution in [2.45, 2.75) is 12.6 Å². The van der Waals surface area contributed by atoms with Gasteiger partial charge < -0.3 is 15.0 Å². The fourth-order valence-corrected chi connectivity index (χ4v) is 1.70. The van der Waals surface area contributed by atoms with Gasteiger partial charge in [0, 0.05) is 25.0 Å². The third-order valence-corrected chi connectivity index (χ3v) is 2.70. The van der Waals surface area contributed by atoms with Gasteiger partial charge in [0.15, 0.2) is 0 Å². The Labute approximate surface area is 115 Å². The number of hydrogen-bond donors (Lipinski definition) is 2. The molecule has 0 aromatic carbocycles. The highest BCUT2D eigenvalue weighted by Crippen LogP contribution is 1.94. The monoisotopic (exact) mass is 273 g/mol. The van der Waals surface area contributed by atoms with Crippen LogP contribution in [0, 0.1) is 0 Å². The summed E-state index contributed by atoms with van der Waals surface area (Å²) < 4.78 is 1.39. The van der Waals surface area contributed by atoms with Gasteiger partial charge >= 0.3 is 0 Å². The van der Waals surface area contributed by atoms with E-state index in [1.807, 2.05) is 0 Å². The Morgan fingerprint density at radius 1 is 1.30 bits per heavy atom. The van der Waals surface area contributed by atoms with Gasteiger partial charge in [-0.3, -0.25) is 14.6 Å². The lowest BCUT2D eigenvalue weighted by Crippen LogP contribution is -2.36. The summed E-state index contributed by atoms with van der Waals surface area (Å²) >= 11 is 0. The molecule has 2 aromatic rings. The predicted octanol–water partition coefficient (Wildman–Crippen LogP) is 0.0342. The maximum atomic E-state index is 11.7. The van der Waals surface area contributed by atoms with Crippen LogP contribution in [0.2, 0.25) is 0 Å². The smallest absolute Gasteiger partial charge is 0.269 e. The highest BCUT2D eigenvalue weighted by Gasteiger charge is 2.10. The normalized spacial score (nSPS) is 11.8. The van der Waals surface area contributed by atoms with Crippen molar-refractivity contribution in [3.05, 3.63) is 64.8 Å². The summed E-state index contributed by atoms with van der Waals surface area (Å²) in [4.78, 5) is 27.1. The molecule has 0 radical (unpaired) electrons. The Hall–Kier alpha value is -2.47. The molecule has 6 nitrogen and oxygen atoms in total. The van der Waals surface area contributed by atoms with Gasteiger partial charge in [-0.1, -0.05) is 12.1 Å². The molecule has 20 heavy (non-hydrogen) atoms. The van der Waals surface area contributed by atoms with Crippen molar-refractivity contribution >= 4 is 5.91 Å². The number of amides is 1. The van der Waals surface area contributed by atoms with Crippen molar-refractivity contribution < 1.29 is 9.90 Å². The Morgan fingerprint density at radius 2 is 2.10 bits per heavy atom. The van der Waals surface area contributed by atoms with E-state index in [9.17, 15) is 14.7 Å². The zero-order valence-electron chi connectivity index (χ0n) is 10.8. The lowest BCUT2D eigenvalue weighted by molar-refractivity contribution is 0.0898. The van der Waals surface area contributed by atoms with Crippen molar-refractivity contribution in [3.63, 3.8) is 0 Å². The van der Waals surface area contributed by atoms with E-state index in [2.05, 4.69) is 10.3 Å². The first kappa shape index (κ1) is 14.0. The molecule has 2 heterocycles. The number of nitrogens with zero attached hydrogens (tertiary/aromatic N) is 2. The Balaban J connectivity index is 1.87. The molecule has 2 rings (SSSR count).